The number of aromatic nitrogens is 4. The van der Waals surface area contributed by atoms with Crippen molar-refractivity contribution in [2.24, 2.45) is 5.92 Å². The van der Waals surface area contributed by atoms with Crippen molar-refractivity contribution in [3.05, 3.63) is 6.20 Å². The molecule has 1 aliphatic heterocycles. The summed E-state index contributed by atoms with van der Waals surface area (Å²) in [5.41, 5.74) is 6.63. The Labute approximate surface area is 146 Å². The molecule has 1 saturated heterocycles. The molecule has 0 bridgehead atoms. The van der Waals surface area contributed by atoms with Gasteiger partial charge in [0.1, 0.15) is 5.82 Å². The van der Waals surface area contributed by atoms with E-state index in [0.29, 0.717) is 36.9 Å². The number of nitrogens with one attached hydrogen (secondary N) is 1. The number of nitrogens with two attached hydrogens (primary N) is 1. The molecule has 2 aliphatic rings. The zero-order valence-corrected chi connectivity index (χ0v) is 14.4. The van der Waals surface area contributed by atoms with E-state index in [1.165, 1.54) is 25.7 Å². The lowest BCUT2D eigenvalue weighted by molar-refractivity contribution is -0.131. The first-order valence-corrected chi connectivity index (χ1v) is 9.20. The molecular weight excluding hydrogens is 318 g/mol. The second kappa shape index (κ2) is 6.85. The van der Waals surface area contributed by atoms with Crippen LogP contribution in [0.25, 0.3) is 11.0 Å². The van der Waals surface area contributed by atoms with Gasteiger partial charge < -0.3 is 15.5 Å². The number of hydrogen-bond donors (Lipinski definition) is 2. The minimum Gasteiger partial charge on any atom is -0.383 e. The number of carbonyl (C=O) groups excluding carboxylic acids is 1. The molecule has 0 spiro atoms. The van der Waals surface area contributed by atoms with Gasteiger partial charge in [0.15, 0.2) is 5.65 Å². The summed E-state index contributed by atoms with van der Waals surface area (Å²) < 4.78 is 0. The highest BCUT2D eigenvalue weighted by Crippen LogP contribution is 2.29. The molecule has 3 N–H and O–H groups in total. The van der Waals surface area contributed by atoms with Gasteiger partial charge in [0, 0.05) is 32.6 Å². The van der Waals surface area contributed by atoms with E-state index in [4.69, 9.17) is 5.73 Å². The van der Waals surface area contributed by atoms with E-state index >= 15 is 0 Å². The molecule has 134 valence electrons. The largest absolute Gasteiger partial charge is 0.383 e. The van der Waals surface area contributed by atoms with Crippen molar-refractivity contribution < 1.29 is 4.79 Å². The Morgan fingerprint density at radius 1 is 1.20 bits per heavy atom. The second-order valence-electron chi connectivity index (χ2n) is 7.10. The van der Waals surface area contributed by atoms with Crippen LogP contribution in [-0.2, 0) is 4.79 Å². The van der Waals surface area contributed by atoms with E-state index in [0.717, 1.165) is 30.8 Å². The summed E-state index contributed by atoms with van der Waals surface area (Å²) in [6.45, 7) is 2.89. The lowest BCUT2D eigenvalue weighted by atomic mass is 10.0. The van der Waals surface area contributed by atoms with E-state index in [2.05, 4.69) is 25.1 Å². The van der Waals surface area contributed by atoms with Gasteiger partial charge in [-0.1, -0.05) is 25.7 Å². The molecule has 2 aromatic rings. The van der Waals surface area contributed by atoms with Gasteiger partial charge in [0.05, 0.1) is 11.6 Å². The molecule has 8 nitrogen and oxygen atoms in total. The molecule has 4 rings (SSSR count). The maximum atomic E-state index is 12.4. The fraction of sp³-hybridized carbons (Fsp3) is 0.647. The molecule has 0 radical (unpaired) electrons. The first-order valence-electron chi connectivity index (χ1n) is 9.20. The average molecular weight is 343 g/mol. The first kappa shape index (κ1) is 16.1. The zero-order chi connectivity index (χ0) is 17.2. The monoisotopic (exact) mass is 343 g/mol. The van der Waals surface area contributed by atoms with Crippen LogP contribution in [0.4, 0.5) is 11.8 Å². The quantitative estimate of drug-likeness (QED) is 0.873. The number of nitrogens with zero attached hydrogens (tertiary/aromatic N) is 5. The van der Waals surface area contributed by atoms with Crippen LogP contribution in [-0.4, -0.2) is 57.2 Å². The lowest BCUT2D eigenvalue weighted by Crippen LogP contribution is -2.49. The van der Waals surface area contributed by atoms with Crippen LogP contribution in [0.3, 0.4) is 0 Å². The molecule has 3 heterocycles. The predicted molar refractivity (Wildman–Crippen MR) is 96.1 cm³/mol. The Balaban J connectivity index is 1.33. The molecule has 0 unspecified atom stereocenters. The summed E-state index contributed by atoms with van der Waals surface area (Å²) in [5, 5.41) is 7.54. The fourth-order valence-electron chi connectivity index (χ4n) is 3.93. The standard InChI is InChI=1S/C17H25N7O/c18-15-13-11-19-22-16(13)21-17(20-15)24-9-7-23(8-10-24)14(25)6-5-12-3-1-2-4-12/h11-12H,1-10H2,(H3,18,19,20,21,22). The Kier molecular flexibility index (Phi) is 4.42. The number of fused-ring (bicyclic) bond motifs is 1. The number of aromatic amines is 1. The van der Waals surface area contributed by atoms with Crippen LogP contribution < -0.4 is 10.6 Å². The molecule has 1 amide bonds. The Bertz CT molecular complexity index is 745. The van der Waals surface area contributed by atoms with Crippen LogP contribution in [0.2, 0.25) is 0 Å². The van der Waals surface area contributed by atoms with Gasteiger partial charge in [0.25, 0.3) is 0 Å². The van der Waals surface area contributed by atoms with Crippen LogP contribution in [0.5, 0.6) is 0 Å². The van der Waals surface area contributed by atoms with Crippen LogP contribution >= 0.6 is 0 Å². The van der Waals surface area contributed by atoms with Gasteiger partial charge in [-0.3, -0.25) is 9.89 Å². The molecule has 0 aromatic carbocycles. The van der Waals surface area contributed by atoms with Gasteiger partial charge in [0.2, 0.25) is 11.9 Å². The molecule has 1 aliphatic carbocycles. The van der Waals surface area contributed by atoms with Crippen molar-refractivity contribution in [1.82, 2.24) is 25.1 Å². The van der Waals surface area contributed by atoms with Crippen molar-refractivity contribution >= 4 is 28.7 Å². The zero-order valence-electron chi connectivity index (χ0n) is 14.4. The highest BCUT2D eigenvalue weighted by Gasteiger charge is 2.24. The van der Waals surface area contributed by atoms with Gasteiger partial charge in [-0.2, -0.15) is 15.1 Å². The van der Waals surface area contributed by atoms with Crippen molar-refractivity contribution in [1.29, 1.82) is 0 Å². The van der Waals surface area contributed by atoms with Crippen molar-refractivity contribution in [2.75, 3.05) is 36.8 Å². The summed E-state index contributed by atoms with van der Waals surface area (Å²) in [4.78, 5) is 25.4. The van der Waals surface area contributed by atoms with Crippen LogP contribution in [0.15, 0.2) is 6.20 Å². The molecular formula is C17H25N7O. The third-order valence-corrected chi connectivity index (χ3v) is 5.48. The van der Waals surface area contributed by atoms with Gasteiger partial charge in [-0.05, 0) is 12.3 Å². The third kappa shape index (κ3) is 3.38. The summed E-state index contributed by atoms with van der Waals surface area (Å²) in [5.74, 6) is 2.09. The molecule has 1 saturated carbocycles. The normalized spacial score (nSPS) is 19.0. The Morgan fingerprint density at radius 2 is 1.96 bits per heavy atom. The smallest absolute Gasteiger partial charge is 0.229 e. The molecule has 0 atom stereocenters. The molecule has 2 aromatic heterocycles. The number of nitrogen functional groups attached to an aromatic ring is 1. The number of hydrogen-bond acceptors (Lipinski definition) is 6. The minimum atomic E-state index is 0.288. The maximum Gasteiger partial charge on any atom is 0.229 e. The number of anilines is 2. The molecule has 8 heteroatoms. The van der Waals surface area contributed by atoms with Crippen molar-refractivity contribution in [3.63, 3.8) is 0 Å². The van der Waals surface area contributed by atoms with E-state index in [-0.39, 0.29) is 5.91 Å². The maximum absolute atomic E-state index is 12.4. The fourth-order valence-corrected chi connectivity index (χ4v) is 3.93. The second-order valence-corrected chi connectivity index (χ2v) is 7.10. The van der Waals surface area contributed by atoms with Crippen molar-refractivity contribution in [2.45, 2.75) is 38.5 Å². The average Bonchev–Trinajstić information content (AvgIpc) is 3.31. The topological polar surface area (TPSA) is 104 Å². The summed E-state index contributed by atoms with van der Waals surface area (Å²) in [6.07, 6.45) is 8.65. The predicted octanol–water partition coefficient (Wildman–Crippen LogP) is 1.55. The number of piperazine rings is 1. The number of amides is 1. The molecule has 25 heavy (non-hydrogen) atoms. The number of rotatable bonds is 4. The van der Waals surface area contributed by atoms with Crippen molar-refractivity contribution in [3.8, 4) is 0 Å². The number of H-pyrrole nitrogens is 1. The minimum absolute atomic E-state index is 0.288. The summed E-state index contributed by atoms with van der Waals surface area (Å²) in [6, 6.07) is 0. The van der Waals surface area contributed by atoms with Crippen LogP contribution in [0.1, 0.15) is 38.5 Å². The van der Waals surface area contributed by atoms with E-state index in [1.807, 2.05) is 4.90 Å². The van der Waals surface area contributed by atoms with E-state index in [1.54, 1.807) is 6.20 Å². The lowest BCUT2D eigenvalue weighted by Gasteiger charge is -2.35. The highest BCUT2D eigenvalue weighted by atomic mass is 16.2. The van der Waals surface area contributed by atoms with Gasteiger partial charge >= 0.3 is 0 Å². The summed E-state index contributed by atoms with van der Waals surface area (Å²) in [7, 11) is 0. The van der Waals surface area contributed by atoms with E-state index in [9.17, 15) is 4.79 Å². The first-order chi connectivity index (χ1) is 12.2. The van der Waals surface area contributed by atoms with E-state index < -0.39 is 0 Å². The van der Waals surface area contributed by atoms with Gasteiger partial charge in [-0.15, -0.1) is 0 Å². The Morgan fingerprint density at radius 3 is 2.72 bits per heavy atom. The SMILES string of the molecule is Nc1nc(N2CCN(C(=O)CCC3CCCC3)CC2)nc2[nH]ncc12. The van der Waals surface area contributed by atoms with Crippen LogP contribution in [0, 0.1) is 5.92 Å². The molecule has 2 fully saturated rings. The van der Waals surface area contributed by atoms with Gasteiger partial charge in [-0.25, -0.2) is 0 Å². The summed E-state index contributed by atoms with van der Waals surface area (Å²) >= 11 is 0. The highest BCUT2D eigenvalue weighted by molar-refractivity contribution is 5.85. The Hall–Kier alpha value is -2.38. The number of carbonyl (C=O) groups is 1. The third-order valence-electron chi connectivity index (χ3n) is 5.48.